The number of nitrogens with zero attached hydrogens (tertiary/aromatic N) is 1. The fraction of sp³-hybridized carbons (Fsp3) is 0.944. The van der Waals surface area contributed by atoms with Crippen LogP contribution in [0.15, 0.2) is 0 Å². The van der Waals surface area contributed by atoms with Crippen LogP contribution in [0.3, 0.4) is 0 Å². The molecule has 2 rings (SSSR count). The lowest BCUT2D eigenvalue weighted by Crippen LogP contribution is -2.52. The first-order valence-electron chi connectivity index (χ1n) is 9.14. The minimum Gasteiger partial charge on any atom is -0.444 e. The predicted octanol–water partition coefficient (Wildman–Crippen LogP) is 3.90. The lowest BCUT2D eigenvalue weighted by Gasteiger charge is -2.41. The molecule has 1 N–H and O–H groups in total. The lowest BCUT2D eigenvalue weighted by molar-refractivity contribution is -0.0000289. The van der Waals surface area contributed by atoms with Gasteiger partial charge in [0.05, 0.1) is 0 Å². The monoisotopic (exact) mass is 342 g/mol. The number of nitrogens with one attached hydrogen (secondary N) is 1. The Bertz CT molecular complexity index is 384. The second-order valence-corrected chi connectivity index (χ2v) is 8.87. The maximum atomic E-state index is 12.6. The van der Waals surface area contributed by atoms with Crippen LogP contribution < -0.4 is 5.32 Å². The Morgan fingerprint density at radius 3 is 2.70 bits per heavy atom. The molecule has 4 nitrogen and oxygen atoms in total. The van der Waals surface area contributed by atoms with Crippen LogP contribution in [0.1, 0.15) is 59.3 Å². The highest BCUT2D eigenvalue weighted by Crippen LogP contribution is 2.36. The molecule has 3 unspecified atom stereocenters. The van der Waals surface area contributed by atoms with Crippen molar-refractivity contribution in [2.45, 2.75) is 77.0 Å². The van der Waals surface area contributed by atoms with Gasteiger partial charge in [0, 0.05) is 30.9 Å². The number of rotatable bonds is 5. The molecule has 1 heterocycles. The number of carbonyl (C=O) groups excluding carboxylic acids is 1. The lowest BCUT2D eigenvalue weighted by atomic mass is 9.87. The van der Waals surface area contributed by atoms with Crippen LogP contribution in [-0.2, 0) is 4.74 Å². The number of hydrogen-bond acceptors (Lipinski definition) is 4. The standard InChI is InChI=1S/C18H34N2O2S/c1-18(2,3)22-17(21)20-12-6-5-10-16(20)14-8-7-9-15(14)19-11-13-23-4/h14-16,19H,5-13H2,1-4H3. The van der Waals surface area contributed by atoms with Crippen molar-refractivity contribution in [2.75, 3.05) is 25.1 Å². The summed E-state index contributed by atoms with van der Waals surface area (Å²) in [5.74, 6) is 1.74. The normalized spacial score (nSPS) is 28.9. The average Bonchev–Trinajstić information content (AvgIpc) is 2.94. The molecule has 3 atom stereocenters. The smallest absolute Gasteiger partial charge is 0.410 e. The summed E-state index contributed by atoms with van der Waals surface area (Å²) in [6, 6.07) is 0.920. The van der Waals surface area contributed by atoms with Crippen molar-refractivity contribution in [2.24, 2.45) is 5.92 Å². The third kappa shape index (κ3) is 5.56. The molecule has 23 heavy (non-hydrogen) atoms. The molecule has 5 heteroatoms. The van der Waals surface area contributed by atoms with E-state index < -0.39 is 5.60 Å². The summed E-state index contributed by atoms with van der Waals surface area (Å²) >= 11 is 1.89. The maximum Gasteiger partial charge on any atom is 0.410 e. The van der Waals surface area contributed by atoms with Crippen molar-refractivity contribution < 1.29 is 9.53 Å². The molecule has 134 valence electrons. The van der Waals surface area contributed by atoms with Crippen LogP contribution in [0.5, 0.6) is 0 Å². The summed E-state index contributed by atoms with van der Waals surface area (Å²) in [6.45, 7) is 7.78. The average molecular weight is 343 g/mol. The highest BCUT2D eigenvalue weighted by molar-refractivity contribution is 7.98. The number of piperidine rings is 1. The van der Waals surface area contributed by atoms with E-state index in [0.717, 1.165) is 31.7 Å². The molecule has 1 amide bonds. The van der Waals surface area contributed by atoms with Gasteiger partial charge in [0.2, 0.25) is 0 Å². The van der Waals surface area contributed by atoms with Gasteiger partial charge in [-0.3, -0.25) is 0 Å². The molecular formula is C18H34N2O2S. The molecule has 2 aliphatic rings. The van der Waals surface area contributed by atoms with E-state index in [1.807, 2.05) is 37.4 Å². The van der Waals surface area contributed by atoms with Crippen LogP contribution >= 0.6 is 11.8 Å². The van der Waals surface area contributed by atoms with Gasteiger partial charge in [-0.15, -0.1) is 0 Å². The zero-order chi connectivity index (χ0) is 16.9. The fourth-order valence-corrected chi connectivity index (χ4v) is 4.32. The van der Waals surface area contributed by atoms with Crippen molar-refractivity contribution in [3.8, 4) is 0 Å². The van der Waals surface area contributed by atoms with Crippen molar-refractivity contribution in [3.05, 3.63) is 0 Å². The number of hydrogen-bond donors (Lipinski definition) is 1. The molecule has 1 aliphatic heterocycles. The Balaban J connectivity index is 2.00. The summed E-state index contributed by atoms with van der Waals surface area (Å²) in [4.78, 5) is 14.7. The minimum absolute atomic E-state index is 0.114. The fourth-order valence-electron chi connectivity index (χ4n) is 4.00. The van der Waals surface area contributed by atoms with Gasteiger partial charge in [0.15, 0.2) is 0 Å². The zero-order valence-corrected chi connectivity index (χ0v) is 16.1. The van der Waals surface area contributed by atoms with E-state index in [1.54, 1.807) is 0 Å². The second-order valence-electron chi connectivity index (χ2n) is 7.89. The number of amides is 1. The molecule has 1 saturated heterocycles. The third-order valence-electron chi connectivity index (χ3n) is 4.95. The molecule has 0 aromatic rings. The largest absolute Gasteiger partial charge is 0.444 e. The zero-order valence-electron chi connectivity index (χ0n) is 15.3. The van der Waals surface area contributed by atoms with E-state index in [-0.39, 0.29) is 6.09 Å². The third-order valence-corrected chi connectivity index (χ3v) is 5.57. The van der Waals surface area contributed by atoms with Crippen LogP contribution in [0.25, 0.3) is 0 Å². The molecular weight excluding hydrogens is 308 g/mol. The molecule has 0 radical (unpaired) electrons. The van der Waals surface area contributed by atoms with Gasteiger partial charge in [-0.2, -0.15) is 11.8 Å². The van der Waals surface area contributed by atoms with Crippen molar-refractivity contribution in [3.63, 3.8) is 0 Å². The van der Waals surface area contributed by atoms with E-state index in [9.17, 15) is 4.79 Å². The van der Waals surface area contributed by atoms with Crippen LogP contribution in [-0.4, -0.2) is 53.8 Å². The minimum atomic E-state index is -0.412. The van der Waals surface area contributed by atoms with E-state index >= 15 is 0 Å². The van der Waals surface area contributed by atoms with Crippen molar-refractivity contribution in [1.82, 2.24) is 10.2 Å². The van der Waals surface area contributed by atoms with E-state index in [4.69, 9.17) is 4.74 Å². The van der Waals surface area contributed by atoms with Crippen molar-refractivity contribution >= 4 is 17.9 Å². The first-order chi connectivity index (χ1) is 10.9. The van der Waals surface area contributed by atoms with E-state index in [1.165, 1.54) is 25.7 Å². The molecule has 0 aromatic carbocycles. The number of likely N-dealkylation sites (tertiary alicyclic amines) is 1. The second kappa shape index (κ2) is 8.61. The molecule has 1 aliphatic carbocycles. The molecule has 2 fully saturated rings. The topological polar surface area (TPSA) is 41.6 Å². The maximum absolute atomic E-state index is 12.6. The SMILES string of the molecule is CSCCNC1CCCC1C1CCCCN1C(=O)OC(C)(C)C. The van der Waals surface area contributed by atoms with Gasteiger partial charge in [-0.25, -0.2) is 4.79 Å². The highest BCUT2D eigenvalue weighted by atomic mass is 32.2. The first kappa shape index (κ1) is 18.9. The van der Waals surface area contributed by atoms with Gasteiger partial charge in [0.25, 0.3) is 0 Å². The van der Waals surface area contributed by atoms with Gasteiger partial charge < -0.3 is 15.0 Å². The van der Waals surface area contributed by atoms with Crippen molar-refractivity contribution in [1.29, 1.82) is 0 Å². The van der Waals surface area contributed by atoms with Crippen LogP contribution in [0, 0.1) is 5.92 Å². The highest BCUT2D eigenvalue weighted by Gasteiger charge is 2.40. The van der Waals surface area contributed by atoms with E-state index in [2.05, 4.69) is 11.6 Å². The van der Waals surface area contributed by atoms with Gasteiger partial charge in [-0.05, 0) is 65.0 Å². The summed E-state index contributed by atoms with van der Waals surface area (Å²) in [5.41, 5.74) is -0.412. The predicted molar refractivity (Wildman–Crippen MR) is 98.1 cm³/mol. The summed E-state index contributed by atoms with van der Waals surface area (Å²) < 4.78 is 5.66. The van der Waals surface area contributed by atoms with E-state index in [0.29, 0.717) is 18.0 Å². The molecule has 0 spiro atoms. The molecule has 0 aromatic heterocycles. The van der Waals surface area contributed by atoms with Gasteiger partial charge in [0.1, 0.15) is 5.60 Å². The summed E-state index contributed by atoms with van der Waals surface area (Å²) in [5, 5.41) is 3.74. The number of carbonyl (C=O) groups is 1. The summed E-state index contributed by atoms with van der Waals surface area (Å²) in [7, 11) is 0. The quantitative estimate of drug-likeness (QED) is 0.770. The number of ether oxygens (including phenoxy) is 1. The Labute approximate surface area is 146 Å². The Kier molecular flexibility index (Phi) is 7.08. The van der Waals surface area contributed by atoms with Crippen LogP contribution in [0.2, 0.25) is 0 Å². The number of thioether (sulfide) groups is 1. The van der Waals surface area contributed by atoms with Gasteiger partial charge >= 0.3 is 6.09 Å². The Morgan fingerprint density at radius 2 is 2.00 bits per heavy atom. The Morgan fingerprint density at radius 1 is 1.22 bits per heavy atom. The van der Waals surface area contributed by atoms with Crippen LogP contribution in [0.4, 0.5) is 4.79 Å². The summed E-state index contributed by atoms with van der Waals surface area (Å²) in [6.07, 6.45) is 9.27. The molecule has 0 bridgehead atoms. The first-order valence-corrected chi connectivity index (χ1v) is 10.5. The molecule has 1 saturated carbocycles. The van der Waals surface area contributed by atoms with Gasteiger partial charge in [-0.1, -0.05) is 6.42 Å². The Hall–Kier alpha value is -0.420.